The molecule has 0 bridgehead atoms. The summed E-state index contributed by atoms with van der Waals surface area (Å²) < 4.78 is 11.1. The molecule has 8 heteroatoms. The van der Waals surface area contributed by atoms with E-state index >= 15 is 0 Å². The van der Waals surface area contributed by atoms with Crippen LogP contribution in [0.3, 0.4) is 0 Å². The topological polar surface area (TPSA) is 138 Å². The maximum atomic E-state index is 12.4. The lowest BCUT2D eigenvalue weighted by Crippen LogP contribution is -2.65. The van der Waals surface area contributed by atoms with Crippen LogP contribution in [-0.4, -0.2) is 57.5 Å². The molecule has 210 valence electrons. The van der Waals surface area contributed by atoms with Gasteiger partial charge in [-0.05, 0) is 93.1 Å². The van der Waals surface area contributed by atoms with Gasteiger partial charge in [-0.25, -0.2) is 4.79 Å². The quantitative estimate of drug-likeness (QED) is 0.378. The number of nitrogens with two attached hydrogens (primary N) is 1. The first-order valence-electron chi connectivity index (χ1n) is 14.5. The molecular formula is C30H44N2O6. The third kappa shape index (κ3) is 3.82. The van der Waals surface area contributed by atoms with Gasteiger partial charge in [0.1, 0.15) is 18.4 Å². The number of ether oxygens (including phenoxy) is 1. The van der Waals surface area contributed by atoms with Gasteiger partial charge in [-0.1, -0.05) is 25.5 Å². The molecule has 0 spiro atoms. The lowest BCUT2D eigenvalue weighted by Gasteiger charge is -2.62. The van der Waals surface area contributed by atoms with E-state index in [-0.39, 0.29) is 40.4 Å². The molecule has 6 N–H and O–H groups in total. The number of fused-ring (bicyclic) bond motifs is 5. The van der Waals surface area contributed by atoms with Gasteiger partial charge in [0.05, 0.1) is 24.0 Å². The van der Waals surface area contributed by atoms with Gasteiger partial charge in [0, 0.05) is 17.5 Å². The summed E-state index contributed by atoms with van der Waals surface area (Å²) in [6, 6.07) is 2.84. The summed E-state index contributed by atoms with van der Waals surface area (Å²) in [6.45, 7) is 6.49. The molecule has 0 radical (unpaired) electrons. The third-order valence-corrected chi connectivity index (χ3v) is 11.8. The summed E-state index contributed by atoms with van der Waals surface area (Å²) in [5.74, 6) is 0.857. The van der Waals surface area contributed by atoms with Gasteiger partial charge in [0.25, 0.3) is 0 Å². The molecule has 6 rings (SSSR count). The smallest absolute Gasteiger partial charge is 0.335 e. The van der Waals surface area contributed by atoms with Crippen LogP contribution in [0.2, 0.25) is 0 Å². The summed E-state index contributed by atoms with van der Waals surface area (Å²) >= 11 is 0. The van der Waals surface area contributed by atoms with E-state index in [0.717, 1.165) is 56.9 Å². The first-order valence-corrected chi connectivity index (χ1v) is 14.5. The zero-order chi connectivity index (χ0) is 27.0. The minimum Gasteiger partial charge on any atom is -0.431 e. The predicted octanol–water partition coefficient (Wildman–Crippen LogP) is 2.55. The van der Waals surface area contributed by atoms with E-state index in [9.17, 15) is 20.1 Å². The standard InChI is InChI=1S/C30H44N2O6/c1-16-24(31)25(34)26(35)27(38-16)32-19-8-11-28(2)18(14-19)5-6-22-21(28)9-12-29(3)20(10-13-30(22,29)36)17-4-7-23(33)37-15-17/h4,7,14-16,19-22,24-27,32,34-36H,5-6,8-13,31H2,1-3H3/t16-,19?,20+,21-,22+,24-,25+,26+,27+,28-,29+,30-/m0/s1. The van der Waals surface area contributed by atoms with Crippen molar-refractivity contribution in [3.8, 4) is 0 Å². The number of nitrogens with one attached hydrogen (secondary N) is 1. The zero-order valence-corrected chi connectivity index (χ0v) is 22.8. The highest BCUT2D eigenvalue weighted by molar-refractivity contribution is 5.31. The van der Waals surface area contributed by atoms with Crippen LogP contribution in [0.25, 0.3) is 0 Å². The van der Waals surface area contributed by atoms with Crippen molar-refractivity contribution >= 4 is 0 Å². The largest absolute Gasteiger partial charge is 0.431 e. The summed E-state index contributed by atoms with van der Waals surface area (Å²) in [5, 5.41) is 36.8. The number of hydrogen-bond donors (Lipinski definition) is 5. The second-order valence-corrected chi connectivity index (χ2v) is 13.4. The molecule has 12 atom stereocenters. The van der Waals surface area contributed by atoms with Crippen LogP contribution in [0.15, 0.2) is 39.3 Å². The third-order valence-electron chi connectivity index (χ3n) is 11.8. The highest BCUT2D eigenvalue weighted by Crippen LogP contribution is 2.70. The van der Waals surface area contributed by atoms with E-state index in [4.69, 9.17) is 14.9 Å². The average molecular weight is 529 g/mol. The lowest BCUT2D eigenvalue weighted by molar-refractivity contribution is -0.187. The number of hydrogen-bond acceptors (Lipinski definition) is 8. The van der Waals surface area contributed by atoms with Crippen molar-refractivity contribution in [2.45, 2.75) is 120 Å². The van der Waals surface area contributed by atoms with E-state index in [1.807, 2.05) is 13.0 Å². The first-order chi connectivity index (χ1) is 18.0. The van der Waals surface area contributed by atoms with Crippen molar-refractivity contribution in [1.82, 2.24) is 5.32 Å². The van der Waals surface area contributed by atoms with Crippen molar-refractivity contribution in [3.63, 3.8) is 0 Å². The molecule has 3 saturated carbocycles. The first kappa shape index (κ1) is 26.7. The molecule has 38 heavy (non-hydrogen) atoms. The molecule has 2 heterocycles. The van der Waals surface area contributed by atoms with Gasteiger partial charge in [0.2, 0.25) is 0 Å². The van der Waals surface area contributed by atoms with Crippen LogP contribution >= 0.6 is 0 Å². The van der Waals surface area contributed by atoms with Gasteiger partial charge in [-0.15, -0.1) is 0 Å². The van der Waals surface area contributed by atoms with Crippen molar-refractivity contribution in [3.05, 3.63) is 46.0 Å². The van der Waals surface area contributed by atoms with Gasteiger partial charge in [-0.3, -0.25) is 5.32 Å². The predicted molar refractivity (Wildman–Crippen MR) is 142 cm³/mol. The van der Waals surface area contributed by atoms with Crippen molar-refractivity contribution in [2.24, 2.45) is 28.4 Å². The molecule has 0 aromatic carbocycles. The SMILES string of the molecule is C[C@@H]1O[C@@H](NC2C=C3CC[C@@H]4[C@H](CC[C@]5(C)[C@@H](c6ccc(=O)oc6)CC[C@]45O)[C@@]3(C)CC2)[C@H](O)[C@H](O)[C@H]1N. The second kappa shape index (κ2) is 9.25. The summed E-state index contributed by atoms with van der Waals surface area (Å²) in [7, 11) is 0. The van der Waals surface area contributed by atoms with E-state index in [2.05, 4.69) is 25.2 Å². The van der Waals surface area contributed by atoms with Gasteiger partial charge >= 0.3 is 5.63 Å². The Kier molecular flexibility index (Phi) is 6.49. The molecule has 5 aliphatic rings. The molecule has 1 aliphatic heterocycles. The molecule has 1 aromatic heterocycles. The molecule has 8 nitrogen and oxygen atoms in total. The molecule has 4 fully saturated rings. The van der Waals surface area contributed by atoms with Gasteiger partial charge in [0.15, 0.2) is 0 Å². The number of allylic oxidation sites excluding steroid dienone is 1. The Bertz CT molecular complexity index is 1130. The monoisotopic (exact) mass is 528 g/mol. The maximum absolute atomic E-state index is 12.4. The second-order valence-electron chi connectivity index (χ2n) is 13.4. The minimum atomic E-state index is -1.07. The maximum Gasteiger partial charge on any atom is 0.335 e. The number of aliphatic hydroxyl groups is 3. The zero-order valence-electron chi connectivity index (χ0n) is 22.8. The molecule has 1 unspecified atom stereocenters. The van der Waals surface area contributed by atoms with Gasteiger partial charge < -0.3 is 30.2 Å². The van der Waals surface area contributed by atoms with Crippen molar-refractivity contribution in [1.29, 1.82) is 0 Å². The lowest BCUT2D eigenvalue weighted by atomic mass is 9.45. The Morgan fingerprint density at radius 3 is 2.55 bits per heavy atom. The van der Waals surface area contributed by atoms with Crippen LogP contribution in [-0.2, 0) is 4.74 Å². The fourth-order valence-electron chi connectivity index (χ4n) is 9.37. The van der Waals surface area contributed by atoms with Crippen LogP contribution in [0.4, 0.5) is 0 Å². The van der Waals surface area contributed by atoms with E-state index < -0.39 is 30.1 Å². The van der Waals surface area contributed by atoms with E-state index in [1.54, 1.807) is 6.26 Å². The fourth-order valence-corrected chi connectivity index (χ4v) is 9.37. The fraction of sp³-hybridized carbons (Fsp3) is 0.767. The molecular weight excluding hydrogens is 484 g/mol. The summed E-state index contributed by atoms with van der Waals surface area (Å²) in [5.41, 5.74) is 7.18. The summed E-state index contributed by atoms with van der Waals surface area (Å²) in [6.07, 6.45) is 8.42. The van der Waals surface area contributed by atoms with E-state index in [1.165, 1.54) is 11.6 Å². The van der Waals surface area contributed by atoms with Crippen LogP contribution < -0.4 is 16.7 Å². The summed E-state index contributed by atoms with van der Waals surface area (Å²) in [4.78, 5) is 11.6. The molecule has 0 amide bonds. The normalized spacial score (nSPS) is 50.5. The molecule has 1 aromatic rings. The Hall–Kier alpha value is -1.55. The highest BCUT2D eigenvalue weighted by atomic mass is 16.5. The van der Waals surface area contributed by atoms with Crippen LogP contribution in [0, 0.1) is 22.7 Å². The molecule has 1 saturated heterocycles. The molecule has 4 aliphatic carbocycles. The highest BCUT2D eigenvalue weighted by Gasteiger charge is 2.66. The Morgan fingerprint density at radius 1 is 1.03 bits per heavy atom. The number of aliphatic hydroxyl groups excluding tert-OH is 2. The van der Waals surface area contributed by atoms with Crippen molar-refractivity contribution < 1.29 is 24.5 Å². The van der Waals surface area contributed by atoms with Gasteiger partial charge in [-0.2, -0.15) is 0 Å². The average Bonchev–Trinajstić information content (AvgIpc) is 3.18. The van der Waals surface area contributed by atoms with Crippen molar-refractivity contribution in [2.75, 3.05) is 0 Å². The minimum absolute atomic E-state index is 0.0387. The van der Waals surface area contributed by atoms with Crippen LogP contribution in [0.5, 0.6) is 0 Å². The Labute approximate surface area is 224 Å². The van der Waals surface area contributed by atoms with E-state index in [0.29, 0.717) is 5.92 Å². The Balaban J connectivity index is 1.21. The van der Waals surface area contributed by atoms with Crippen LogP contribution in [0.1, 0.15) is 83.6 Å². The Morgan fingerprint density at radius 2 is 1.82 bits per heavy atom. The number of rotatable bonds is 3.